The maximum atomic E-state index is 6.07. The van der Waals surface area contributed by atoms with Crippen molar-refractivity contribution in [2.45, 2.75) is 26.3 Å². The summed E-state index contributed by atoms with van der Waals surface area (Å²) in [4.78, 5) is 4.35. The lowest BCUT2D eigenvalue weighted by Crippen LogP contribution is -2.20. The highest BCUT2D eigenvalue weighted by Crippen LogP contribution is 2.26. The normalized spacial score (nSPS) is 12.3. The Kier molecular flexibility index (Phi) is 2.04. The van der Waals surface area contributed by atoms with Crippen LogP contribution in [0.15, 0.2) is 24.5 Å². The van der Waals surface area contributed by atoms with Crippen LogP contribution >= 0.6 is 11.6 Å². The summed E-state index contributed by atoms with van der Waals surface area (Å²) in [6.45, 7) is 6.44. The Bertz CT molecular complexity index is 466. The maximum Gasteiger partial charge on any atom is 0.141 e. The van der Waals surface area contributed by atoms with Crippen LogP contribution in [0.1, 0.15) is 20.8 Å². The molecule has 0 fully saturated rings. The molecule has 0 aliphatic rings. The van der Waals surface area contributed by atoms with Crippen LogP contribution in [0.5, 0.6) is 0 Å². The van der Waals surface area contributed by atoms with Gasteiger partial charge in [0, 0.05) is 23.3 Å². The van der Waals surface area contributed by atoms with Crippen LogP contribution in [0, 0.1) is 0 Å². The van der Waals surface area contributed by atoms with Crippen molar-refractivity contribution in [1.29, 1.82) is 0 Å². The SMILES string of the molecule is CC(C)(C)n1ccc2c(Cl)ccnc21. The van der Waals surface area contributed by atoms with Crippen LogP contribution < -0.4 is 0 Å². The Morgan fingerprint density at radius 1 is 1.29 bits per heavy atom. The van der Waals surface area contributed by atoms with Gasteiger partial charge in [0.2, 0.25) is 0 Å². The molecule has 0 radical (unpaired) electrons. The molecule has 2 aromatic heterocycles. The average Bonchev–Trinajstić information content (AvgIpc) is 2.47. The van der Waals surface area contributed by atoms with Crippen molar-refractivity contribution in [3.63, 3.8) is 0 Å². The molecule has 14 heavy (non-hydrogen) atoms. The van der Waals surface area contributed by atoms with Gasteiger partial charge in [-0.3, -0.25) is 0 Å². The van der Waals surface area contributed by atoms with Gasteiger partial charge in [-0.05, 0) is 32.9 Å². The van der Waals surface area contributed by atoms with E-state index in [9.17, 15) is 0 Å². The van der Waals surface area contributed by atoms with E-state index in [2.05, 4.69) is 30.3 Å². The molecule has 0 atom stereocenters. The molecule has 3 heteroatoms. The maximum absolute atomic E-state index is 6.07. The highest BCUT2D eigenvalue weighted by Gasteiger charge is 2.16. The Hall–Kier alpha value is -1.02. The predicted molar refractivity (Wildman–Crippen MR) is 59.7 cm³/mol. The number of nitrogens with zero attached hydrogens (tertiary/aromatic N) is 2. The lowest BCUT2D eigenvalue weighted by Gasteiger charge is -2.21. The molecule has 2 aromatic rings. The Labute approximate surface area is 88.5 Å². The van der Waals surface area contributed by atoms with Crippen LogP contribution in [0.3, 0.4) is 0 Å². The second-order valence-electron chi connectivity index (χ2n) is 4.39. The van der Waals surface area contributed by atoms with Crippen LogP contribution in [0.2, 0.25) is 5.02 Å². The second kappa shape index (κ2) is 2.99. The van der Waals surface area contributed by atoms with E-state index in [4.69, 9.17) is 11.6 Å². The zero-order valence-electron chi connectivity index (χ0n) is 8.58. The number of halogens is 1. The van der Waals surface area contributed by atoms with E-state index in [1.165, 1.54) is 0 Å². The smallest absolute Gasteiger partial charge is 0.141 e. The van der Waals surface area contributed by atoms with Crippen LogP contribution in [0.25, 0.3) is 11.0 Å². The summed E-state index contributed by atoms with van der Waals surface area (Å²) in [6, 6.07) is 3.83. The first-order valence-corrected chi connectivity index (χ1v) is 5.00. The predicted octanol–water partition coefficient (Wildman–Crippen LogP) is 3.44. The summed E-state index contributed by atoms with van der Waals surface area (Å²) >= 11 is 6.07. The van der Waals surface area contributed by atoms with Crippen LogP contribution in [-0.2, 0) is 5.54 Å². The van der Waals surface area contributed by atoms with Crippen molar-refractivity contribution in [2.75, 3.05) is 0 Å². The number of pyridine rings is 1. The van der Waals surface area contributed by atoms with Gasteiger partial charge in [-0.2, -0.15) is 0 Å². The van der Waals surface area contributed by atoms with Crippen LogP contribution in [-0.4, -0.2) is 9.55 Å². The quantitative estimate of drug-likeness (QED) is 0.649. The molecule has 2 heterocycles. The first-order valence-electron chi connectivity index (χ1n) is 4.62. The van der Waals surface area contributed by atoms with E-state index in [0.29, 0.717) is 0 Å². The van der Waals surface area contributed by atoms with Gasteiger partial charge < -0.3 is 4.57 Å². The summed E-state index contributed by atoms with van der Waals surface area (Å²) in [5.41, 5.74) is 0.990. The molecular weight excluding hydrogens is 196 g/mol. The minimum Gasteiger partial charge on any atom is -0.327 e. The summed E-state index contributed by atoms with van der Waals surface area (Å²) in [6.07, 6.45) is 3.77. The number of fused-ring (bicyclic) bond motifs is 1. The van der Waals surface area contributed by atoms with Crippen molar-refractivity contribution in [1.82, 2.24) is 9.55 Å². The molecule has 0 spiro atoms. The van der Waals surface area contributed by atoms with Gasteiger partial charge in [-0.15, -0.1) is 0 Å². The lowest BCUT2D eigenvalue weighted by atomic mass is 10.1. The van der Waals surface area contributed by atoms with Gasteiger partial charge in [0.05, 0.1) is 5.02 Å². The fraction of sp³-hybridized carbons (Fsp3) is 0.364. The molecule has 0 amide bonds. The molecule has 0 bridgehead atoms. The summed E-state index contributed by atoms with van der Waals surface area (Å²) in [5.74, 6) is 0. The van der Waals surface area contributed by atoms with Crippen molar-refractivity contribution in [2.24, 2.45) is 0 Å². The Balaban J connectivity index is 2.76. The first-order chi connectivity index (χ1) is 6.50. The molecule has 0 N–H and O–H groups in total. The van der Waals surface area contributed by atoms with Gasteiger partial charge >= 0.3 is 0 Å². The fourth-order valence-electron chi connectivity index (χ4n) is 1.55. The third kappa shape index (κ3) is 1.40. The second-order valence-corrected chi connectivity index (χ2v) is 4.79. The van der Waals surface area contributed by atoms with E-state index in [0.717, 1.165) is 16.1 Å². The van der Waals surface area contributed by atoms with Crippen molar-refractivity contribution in [3.8, 4) is 0 Å². The molecule has 0 unspecified atom stereocenters. The van der Waals surface area contributed by atoms with Gasteiger partial charge in [-0.1, -0.05) is 11.6 Å². The zero-order chi connectivity index (χ0) is 10.3. The number of hydrogen-bond donors (Lipinski definition) is 0. The number of aromatic nitrogens is 2. The number of hydrogen-bond acceptors (Lipinski definition) is 1. The van der Waals surface area contributed by atoms with Gasteiger partial charge in [0.25, 0.3) is 0 Å². The molecule has 0 saturated heterocycles. The monoisotopic (exact) mass is 208 g/mol. The molecule has 74 valence electrons. The third-order valence-electron chi connectivity index (χ3n) is 2.26. The highest BCUT2D eigenvalue weighted by molar-refractivity contribution is 6.35. The number of rotatable bonds is 0. The third-order valence-corrected chi connectivity index (χ3v) is 2.59. The first kappa shape index (κ1) is 9.53. The lowest BCUT2D eigenvalue weighted by molar-refractivity contribution is 0.408. The molecular formula is C11H13ClN2. The van der Waals surface area contributed by atoms with E-state index in [1.807, 2.05) is 18.3 Å². The average molecular weight is 209 g/mol. The van der Waals surface area contributed by atoms with E-state index >= 15 is 0 Å². The van der Waals surface area contributed by atoms with Gasteiger partial charge in [0.1, 0.15) is 5.65 Å². The molecule has 0 aliphatic carbocycles. The fourth-order valence-corrected chi connectivity index (χ4v) is 1.75. The van der Waals surface area contributed by atoms with Crippen molar-refractivity contribution >= 4 is 22.6 Å². The van der Waals surface area contributed by atoms with Gasteiger partial charge in [0.15, 0.2) is 0 Å². The van der Waals surface area contributed by atoms with Gasteiger partial charge in [-0.25, -0.2) is 4.98 Å². The minimum absolute atomic E-state index is 0.0411. The molecule has 0 aromatic carbocycles. The minimum atomic E-state index is 0.0411. The van der Waals surface area contributed by atoms with E-state index in [1.54, 1.807) is 6.20 Å². The van der Waals surface area contributed by atoms with E-state index < -0.39 is 0 Å². The highest BCUT2D eigenvalue weighted by atomic mass is 35.5. The molecule has 0 aliphatic heterocycles. The van der Waals surface area contributed by atoms with Crippen molar-refractivity contribution in [3.05, 3.63) is 29.5 Å². The Morgan fingerprint density at radius 3 is 2.64 bits per heavy atom. The molecule has 2 nitrogen and oxygen atoms in total. The van der Waals surface area contributed by atoms with Crippen LogP contribution in [0.4, 0.5) is 0 Å². The van der Waals surface area contributed by atoms with E-state index in [-0.39, 0.29) is 5.54 Å². The zero-order valence-corrected chi connectivity index (χ0v) is 9.34. The molecule has 0 saturated carbocycles. The topological polar surface area (TPSA) is 17.8 Å². The summed E-state index contributed by atoms with van der Waals surface area (Å²) < 4.78 is 2.13. The standard InChI is InChI=1S/C11H13ClN2/c1-11(2,3)14-7-5-8-9(12)4-6-13-10(8)14/h4-7H,1-3H3. The summed E-state index contributed by atoms with van der Waals surface area (Å²) in [7, 11) is 0. The summed E-state index contributed by atoms with van der Waals surface area (Å²) in [5, 5.41) is 1.78. The molecule has 2 rings (SSSR count). The van der Waals surface area contributed by atoms with Crippen molar-refractivity contribution < 1.29 is 0 Å². The largest absolute Gasteiger partial charge is 0.327 e. The Morgan fingerprint density at radius 2 is 2.00 bits per heavy atom.